The zero-order chi connectivity index (χ0) is 17.3. The molecule has 1 amide bonds. The molecule has 1 fully saturated rings. The summed E-state index contributed by atoms with van der Waals surface area (Å²) in [5.41, 5.74) is 1.87. The molecule has 1 aliphatic rings. The number of amides is 1. The third kappa shape index (κ3) is 5.67. The number of aromatic amines is 1. The molecular formula is C19H27N5O. The van der Waals surface area contributed by atoms with E-state index in [1.165, 1.54) is 38.8 Å². The third-order valence-corrected chi connectivity index (χ3v) is 4.66. The van der Waals surface area contributed by atoms with Gasteiger partial charge in [0, 0.05) is 30.4 Å². The number of pyridine rings is 1. The SMILES string of the molecule is O=C(CCCCN1CCCCCC1)Nc1cc(-c2ccncc2)[nH]n1. The zero-order valence-corrected chi connectivity index (χ0v) is 14.7. The second-order valence-electron chi connectivity index (χ2n) is 6.66. The van der Waals surface area contributed by atoms with Crippen molar-refractivity contribution in [1.82, 2.24) is 20.1 Å². The Morgan fingerprint density at radius 3 is 2.64 bits per heavy atom. The highest BCUT2D eigenvalue weighted by atomic mass is 16.1. The predicted molar refractivity (Wildman–Crippen MR) is 99.2 cm³/mol. The molecule has 0 unspecified atom stereocenters. The molecule has 1 aliphatic heterocycles. The monoisotopic (exact) mass is 341 g/mol. The summed E-state index contributed by atoms with van der Waals surface area (Å²) in [6.45, 7) is 3.55. The molecule has 0 aliphatic carbocycles. The molecule has 0 spiro atoms. The maximum Gasteiger partial charge on any atom is 0.225 e. The topological polar surface area (TPSA) is 73.9 Å². The standard InChI is InChI=1S/C19H27N5O/c25-19(7-3-6-14-24-12-4-1-2-5-13-24)21-18-15-17(22-23-18)16-8-10-20-11-9-16/h8-11,15H,1-7,12-14H2,(H2,21,22,23,25). The summed E-state index contributed by atoms with van der Waals surface area (Å²) in [6.07, 6.45) is 11.4. The van der Waals surface area contributed by atoms with E-state index in [0.29, 0.717) is 12.2 Å². The van der Waals surface area contributed by atoms with E-state index >= 15 is 0 Å². The van der Waals surface area contributed by atoms with Crippen LogP contribution in [-0.4, -0.2) is 45.6 Å². The molecule has 0 atom stereocenters. The number of hydrogen-bond donors (Lipinski definition) is 2. The molecule has 134 valence electrons. The number of hydrogen-bond acceptors (Lipinski definition) is 4. The Morgan fingerprint density at radius 1 is 1.12 bits per heavy atom. The molecular weight excluding hydrogens is 314 g/mol. The quantitative estimate of drug-likeness (QED) is 0.757. The Hall–Kier alpha value is -2.21. The van der Waals surface area contributed by atoms with Gasteiger partial charge in [-0.05, 0) is 57.5 Å². The van der Waals surface area contributed by atoms with Crippen molar-refractivity contribution in [3.05, 3.63) is 30.6 Å². The average Bonchev–Trinajstić information content (AvgIpc) is 2.94. The van der Waals surface area contributed by atoms with Gasteiger partial charge in [-0.3, -0.25) is 14.9 Å². The molecule has 3 heterocycles. The number of anilines is 1. The first-order valence-corrected chi connectivity index (χ1v) is 9.29. The maximum atomic E-state index is 12.1. The van der Waals surface area contributed by atoms with Crippen LogP contribution in [0.2, 0.25) is 0 Å². The highest BCUT2D eigenvalue weighted by molar-refractivity contribution is 5.90. The van der Waals surface area contributed by atoms with Gasteiger partial charge in [-0.25, -0.2) is 0 Å². The number of H-pyrrole nitrogens is 1. The zero-order valence-electron chi connectivity index (χ0n) is 14.7. The third-order valence-electron chi connectivity index (χ3n) is 4.66. The van der Waals surface area contributed by atoms with E-state index in [-0.39, 0.29) is 5.91 Å². The van der Waals surface area contributed by atoms with E-state index in [1.54, 1.807) is 12.4 Å². The van der Waals surface area contributed by atoms with Gasteiger partial charge in [-0.1, -0.05) is 12.8 Å². The molecule has 1 saturated heterocycles. The van der Waals surface area contributed by atoms with Gasteiger partial charge >= 0.3 is 0 Å². The first-order chi connectivity index (χ1) is 12.3. The Morgan fingerprint density at radius 2 is 1.88 bits per heavy atom. The van der Waals surface area contributed by atoms with Crippen molar-refractivity contribution in [3.8, 4) is 11.3 Å². The summed E-state index contributed by atoms with van der Waals surface area (Å²) in [5.74, 6) is 0.605. The Kier molecular flexibility index (Phi) is 6.56. The van der Waals surface area contributed by atoms with Crippen LogP contribution in [0.5, 0.6) is 0 Å². The summed E-state index contributed by atoms with van der Waals surface area (Å²) < 4.78 is 0. The normalized spacial score (nSPS) is 15.7. The van der Waals surface area contributed by atoms with E-state index in [9.17, 15) is 4.79 Å². The number of rotatable bonds is 7. The smallest absolute Gasteiger partial charge is 0.225 e. The van der Waals surface area contributed by atoms with Crippen LogP contribution >= 0.6 is 0 Å². The lowest BCUT2D eigenvalue weighted by Crippen LogP contribution is -2.25. The summed E-state index contributed by atoms with van der Waals surface area (Å²) in [5, 5.41) is 9.97. The molecule has 6 nitrogen and oxygen atoms in total. The van der Waals surface area contributed by atoms with E-state index in [0.717, 1.165) is 30.6 Å². The maximum absolute atomic E-state index is 12.1. The van der Waals surface area contributed by atoms with E-state index in [4.69, 9.17) is 0 Å². The summed E-state index contributed by atoms with van der Waals surface area (Å²) in [4.78, 5) is 18.6. The van der Waals surface area contributed by atoms with E-state index < -0.39 is 0 Å². The fourth-order valence-electron chi connectivity index (χ4n) is 3.25. The molecule has 0 aromatic carbocycles. The Labute approximate surface area is 149 Å². The summed E-state index contributed by atoms with van der Waals surface area (Å²) in [7, 11) is 0. The Balaban J connectivity index is 1.37. The fraction of sp³-hybridized carbons (Fsp3) is 0.526. The van der Waals surface area contributed by atoms with Gasteiger partial charge in [-0.15, -0.1) is 0 Å². The number of carbonyl (C=O) groups excluding carboxylic acids is 1. The highest BCUT2D eigenvalue weighted by Crippen LogP contribution is 2.18. The predicted octanol–water partition coefficient (Wildman–Crippen LogP) is 3.46. The Bertz CT molecular complexity index is 647. The van der Waals surface area contributed by atoms with Crippen molar-refractivity contribution < 1.29 is 4.79 Å². The van der Waals surface area contributed by atoms with Gasteiger partial charge in [0.15, 0.2) is 5.82 Å². The number of likely N-dealkylation sites (tertiary alicyclic amines) is 1. The first kappa shape index (κ1) is 17.6. The summed E-state index contributed by atoms with van der Waals surface area (Å²) in [6, 6.07) is 5.66. The molecule has 3 rings (SSSR count). The van der Waals surface area contributed by atoms with Gasteiger partial charge < -0.3 is 10.2 Å². The van der Waals surface area contributed by atoms with Crippen molar-refractivity contribution in [2.24, 2.45) is 0 Å². The molecule has 0 bridgehead atoms. The van der Waals surface area contributed by atoms with Crippen LogP contribution in [0.1, 0.15) is 44.9 Å². The number of nitrogens with zero attached hydrogens (tertiary/aromatic N) is 3. The second kappa shape index (κ2) is 9.32. The molecule has 25 heavy (non-hydrogen) atoms. The van der Waals surface area contributed by atoms with Gasteiger partial charge in [-0.2, -0.15) is 5.10 Å². The largest absolute Gasteiger partial charge is 0.309 e. The van der Waals surface area contributed by atoms with E-state index in [2.05, 4.69) is 25.4 Å². The van der Waals surface area contributed by atoms with Crippen molar-refractivity contribution in [3.63, 3.8) is 0 Å². The van der Waals surface area contributed by atoms with Crippen LogP contribution in [0.3, 0.4) is 0 Å². The van der Waals surface area contributed by atoms with Crippen LogP contribution in [0, 0.1) is 0 Å². The fourth-order valence-corrected chi connectivity index (χ4v) is 3.25. The minimum absolute atomic E-state index is 0.0312. The first-order valence-electron chi connectivity index (χ1n) is 9.29. The van der Waals surface area contributed by atoms with Gasteiger partial charge in [0.05, 0.1) is 5.69 Å². The number of carbonyl (C=O) groups is 1. The van der Waals surface area contributed by atoms with Gasteiger partial charge in [0.1, 0.15) is 0 Å². The molecule has 2 N–H and O–H groups in total. The lowest BCUT2D eigenvalue weighted by atomic mass is 10.2. The minimum atomic E-state index is 0.0312. The highest BCUT2D eigenvalue weighted by Gasteiger charge is 2.10. The molecule has 2 aromatic rings. The van der Waals surface area contributed by atoms with Crippen molar-refractivity contribution in [1.29, 1.82) is 0 Å². The van der Waals surface area contributed by atoms with Crippen molar-refractivity contribution >= 4 is 11.7 Å². The lowest BCUT2D eigenvalue weighted by Gasteiger charge is -2.19. The van der Waals surface area contributed by atoms with Crippen LogP contribution in [0.15, 0.2) is 30.6 Å². The number of aromatic nitrogens is 3. The molecule has 0 radical (unpaired) electrons. The van der Waals surface area contributed by atoms with Crippen LogP contribution < -0.4 is 5.32 Å². The molecule has 2 aromatic heterocycles. The molecule has 6 heteroatoms. The van der Waals surface area contributed by atoms with Crippen LogP contribution in [-0.2, 0) is 4.79 Å². The van der Waals surface area contributed by atoms with Crippen molar-refractivity contribution in [2.45, 2.75) is 44.9 Å². The molecule has 0 saturated carbocycles. The van der Waals surface area contributed by atoms with Crippen LogP contribution in [0.4, 0.5) is 5.82 Å². The minimum Gasteiger partial charge on any atom is -0.309 e. The van der Waals surface area contributed by atoms with Gasteiger partial charge in [0.2, 0.25) is 5.91 Å². The average molecular weight is 341 g/mol. The second-order valence-corrected chi connectivity index (χ2v) is 6.66. The number of nitrogens with one attached hydrogen (secondary N) is 2. The van der Waals surface area contributed by atoms with Gasteiger partial charge in [0.25, 0.3) is 0 Å². The lowest BCUT2D eigenvalue weighted by molar-refractivity contribution is -0.116. The number of unbranched alkanes of at least 4 members (excludes halogenated alkanes) is 1. The van der Waals surface area contributed by atoms with Crippen LogP contribution in [0.25, 0.3) is 11.3 Å². The van der Waals surface area contributed by atoms with Crippen molar-refractivity contribution in [2.75, 3.05) is 25.0 Å². The van der Waals surface area contributed by atoms with E-state index in [1.807, 2.05) is 18.2 Å². The summed E-state index contributed by atoms with van der Waals surface area (Å²) >= 11 is 0.